The zero-order valence-corrected chi connectivity index (χ0v) is 20.0. The summed E-state index contributed by atoms with van der Waals surface area (Å²) in [6.07, 6.45) is 5.76. The molecule has 4 N–H and O–H groups in total. The number of nitrogens with one attached hydrogen (secondary N) is 2. The fraction of sp³-hybridized carbons (Fsp3) is 0.458. The standard InChI is InChI=1S/C24H37N7O/c1-6-12-31(13-7-2)24-28-20(16-23(29-24)32-14-11-26-5)17-27-30-19-9-10-22(25)21(15-19)18(4)8-3/h8-10,15-17,26,30H,6-7,11-14,25H2,1-5H3/b18-8+,27-17+. The summed E-state index contributed by atoms with van der Waals surface area (Å²) in [5, 5.41) is 7.46. The van der Waals surface area contributed by atoms with Crippen molar-refractivity contribution in [2.45, 2.75) is 40.5 Å². The minimum Gasteiger partial charge on any atom is -0.476 e. The molecular formula is C24H37N7O. The van der Waals surface area contributed by atoms with Gasteiger partial charge in [0.2, 0.25) is 11.8 Å². The Labute approximate surface area is 192 Å². The van der Waals surface area contributed by atoms with E-state index in [1.54, 1.807) is 12.3 Å². The van der Waals surface area contributed by atoms with Crippen molar-refractivity contribution in [3.63, 3.8) is 0 Å². The van der Waals surface area contributed by atoms with E-state index in [0.717, 1.165) is 55.0 Å². The zero-order valence-electron chi connectivity index (χ0n) is 20.0. The third-order valence-electron chi connectivity index (χ3n) is 4.88. The monoisotopic (exact) mass is 439 g/mol. The van der Waals surface area contributed by atoms with E-state index >= 15 is 0 Å². The molecule has 2 rings (SSSR count). The topological polar surface area (TPSA) is 101 Å². The molecule has 0 saturated heterocycles. The number of allylic oxidation sites excluding steroid dienone is 2. The first-order valence-corrected chi connectivity index (χ1v) is 11.3. The molecule has 0 aliphatic carbocycles. The highest BCUT2D eigenvalue weighted by Gasteiger charge is 2.12. The summed E-state index contributed by atoms with van der Waals surface area (Å²) in [7, 11) is 1.89. The molecule has 32 heavy (non-hydrogen) atoms. The largest absolute Gasteiger partial charge is 0.476 e. The molecule has 0 fully saturated rings. The van der Waals surface area contributed by atoms with Crippen molar-refractivity contribution in [2.24, 2.45) is 5.10 Å². The summed E-state index contributed by atoms with van der Waals surface area (Å²) in [6.45, 7) is 11.4. The predicted molar refractivity (Wildman–Crippen MR) is 136 cm³/mol. The molecule has 1 aromatic heterocycles. The molecule has 8 nitrogen and oxygen atoms in total. The van der Waals surface area contributed by atoms with E-state index in [1.807, 2.05) is 45.2 Å². The van der Waals surface area contributed by atoms with Crippen LogP contribution in [0.4, 0.5) is 17.3 Å². The SMILES string of the molecule is C/C=C(\C)c1cc(N/N=C/c2cc(OCCNC)nc(N(CCC)CCC)n2)ccc1N. The molecule has 0 amide bonds. The minimum atomic E-state index is 0.530. The van der Waals surface area contributed by atoms with Crippen molar-refractivity contribution in [3.8, 4) is 5.88 Å². The van der Waals surface area contributed by atoms with Crippen LogP contribution in [0.5, 0.6) is 5.88 Å². The minimum absolute atomic E-state index is 0.530. The summed E-state index contributed by atoms with van der Waals surface area (Å²) in [6, 6.07) is 7.58. The Morgan fingerprint density at radius 3 is 2.59 bits per heavy atom. The van der Waals surface area contributed by atoms with E-state index in [1.165, 1.54) is 0 Å². The fourth-order valence-electron chi connectivity index (χ4n) is 3.12. The molecule has 0 spiro atoms. The second-order valence-electron chi connectivity index (χ2n) is 7.51. The maximum atomic E-state index is 6.10. The highest BCUT2D eigenvalue weighted by atomic mass is 16.5. The zero-order chi connectivity index (χ0) is 23.3. The van der Waals surface area contributed by atoms with Crippen molar-refractivity contribution < 1.29 is 4.74 Å². The average molecular weight is 440 g/mol. The first-order valence-electron chi connectivity index (χ1n) is 11.3. The van der Waals surface area contributed by atoms with Crippen LogP contribution in [0.15, 0.2) is 35.4 Å². The number of rotatable bonds is 13. The van der Waals surface area contributed by atoms with E-state index < -0.39 is 0 Å². The summed E-state index contributed by atoms with van der Waals surface area (Å²) in [5.41, 5.74) is 13.6. The normalized spacial score (nSPS) is 11.7. The van der Waals surface area contributed by atoms with E-state index in [0.29, 0.717) is 24.1 Å². The van der Waals surface area contributed by atoms with E-state index in [2.05, 4.69) is 39.6 Å². The predicted octanol–water partition coefficient (Wildman–Crippen LogP) is 4.15. The van der Waals surface area contributed by atoms with Crippen LogP contribution >= 0.6 is 0 Å². The Bertz CT molecular complexity index is 905. The van der Waals surface area contributed by atoms with Gasteiger partial charge in [0.15, 0.2) is 0 Å². The average Bonchev–Trinajstić information content (AvgIpc) is 2.79. The van der Waals surface area contributed by atoms with Crippen molar-refractivity contribution >= 4 is 29.1 Å². The summed E-state index contributed by atoms with van der Waals surface area (Å²) in [4.78, 5) is 11.5. The maximum absolute atomic E-state index is 6.10. The lowest BCUT2D eigenvalue weighted by molar-refractivity contribution is 0.306. The molecule has 0 saturated carbocycles. The molecule has 0 aliphatic heterocycles. The molecule has 1 aromatic carbocycles. The van der Waals surface area contributed by atoms with Crippen LogP contribution < -0.4 is 26.1 Å². The molecule has 174 valence electrons. The van der Waals surface area contributed by atoms with Crippen LogP contribution in [0.1, 0.15) is 51.8 Å². The lowest BCUT2D eigenvalue weighted by Gasteiger charge is -2.22. The Morgan fingerprint density at radius 2 is 1.94 bits per heavy atom. The molecule has 0 unspecified atom stereocenters. The highest BCUT2D eigenvalue weighted by Crippen LogP contribution is 2.25. The fourth-order valence-corrected chi connectivity index (χ4v) is 3.12. The second kappa shape index (κ2) is 13.3. The van der Waals surface area contributed by atoms with Crippen LogP contribution in [0.3, 0.4) is 0 Å². The summed E-state index contributed by atoms with van der Waals surface area (Å²) in [5.74, 6) is 1.21. The number of anilines is 3. The molecule has 0 aliphatic rings. The van der Waals surface area contributed by atoms with Gasteiger partial charge in [-0.25, -0.2) is 4.98 Å². The van der Waals surface area contributed by atoms with Gasteiger partial charge in [-0.15, -0.1) is 0 Å². The number of aromatic nitrogens is 2. The van der Waals surface area contributed by atoms with Gasteiger partial charge >= 0.3 is 0 Å². The van der Waals surface area contributed by atoms with Gasteiger partial charge in [-0.2, -0.15) is 10.1 Å². The van der Waals surface area contributed by atoms with Crippen molar-refractivity contribution in [2.75, 3.05) is 49.3 Å². The van der Waals surface area contributed by atoms with E-state index in [-0.39, 0.29) is 0 Å². The van der Waals surface area contributed by atoms with Crippen molar-refractivity contribution in [1.29, 1.82) is 0 Å². The van der Waals surface area contributed by atoms with Crippen molar-refractivity contribution in [3.05, 3.63) is 41.6 Å². The number of benzene rings is 1. The number of nitrogen functional groups attached to an aromatic ring is 1. The number of ether oxygens (including phenoxy) is 1. The van der Waals surface area contributed by atoms with Crippen LogP contribution in [-0.2, 0) is 0 Å². The Morgan fingerprint density at radius 1 is 1.19 bits per heavy atom. The Kier molecular flexibility index (Phi) is 10.5. The van der Waals surface area contributed by atoms with Gasteiger partial charge in [0.05, 0.1) is 17.6 Å². The van der Waals surface area contributed by atoms with Crippen molar-refractivity contribution in [1.82, 2.24) is 15.3 Å². The Hall–Kier alpha value is -3.13. The molecule has 2 aromatic rings. The van der Waals surface area contributed by atoms with E-state index in [4.69, 9.17) is 15.5 Å². The Balaban J connectivity index is 2.25. The van der Waals surface area contributed by atoms with Gasteiger partial charge in [-0.3, -0.25) is 5.43 Å². The second-order valence-corrected chi connectivity index (χ2v) is 7.51. The number of nitrogens with zero attached hydrogens (tertiary/aromatic N) is 4. The van der Waals surface area contributed by atoms with Gasteiger partial charge in [0.1, 0.15) is 6.61 Å². The number of hydrogen-bond acceptors (Lipinski definition) is 8. The summed E-state index contributed by atoms with van der Waals surface area (Å²) >= 11 is 0. The molecule has 0 radical (unpaired) electrons. The number of hydrazone groups is 1. The lowest BCUT2D eigenvalue weighted by Crippen LogP contribution is -2.27. The molecule has 0 atom stereocenters. The summed E-state index contributed by atoms with van der Waals surface area (Å²) < 4.78 is 5.82. The maximum Gasteiger partial charge on any atom is 0.229 e. The quantitative estimate of drug-likeness (QED) is 0.186. The molecule has 0 bridgehead atoms. The molecule has 1 heterocycles. The van der Waals surface area contributed by atoms with Gasteiger partial charge in [-0.05, 0) is 57.5 Å². The third kappa shape index (κ3) is 7.53. The van der Waals surface area contributed by atoms with Gasteiger partial charge < -0.3 is 20.7 Å². The van der Waals surface area contributed by atoms with Crippen LogP contribution in [0.25, 0.3) is 5.57 Å². The number of hydrogen-bond donors (Lipinski definition) is 3. The van der Waals surface area contributed by atoms with Crippen LogP contribution in [0.2, 0.25) is 0 Å². The van der Waals surface area contributed by atoms with E-state index in [9.17, 15) is 0 Å². The molecule has 8 heteroatoms. The first kappa shape index (κ1) is 25.1. The molecular weight excluding hydrogens is 402 g/mol. The van der Waals surface area contributed by atoms with Gasteiger partial charge in [0.25, 0.3) is 0 Å². The van der Waals surface area contributed by atoms with Crippen LogP contribution in [0, 0.1) is 0 Å². The smallest absolute Gasteiger partial charge is 0.229 e. The first-order chi connectivity index (χ1) is 15.5. The highest BCUT2D eigenvalue weighted by molar-refractivity contribution is 5.80. The van der Waals surface area contributed by atoms with Crippen LogP contribution in [-0.4, -0.2) is 49.5 Å². The third-order valence-corrected chi connectivity index (χ3v) is 4.88. The van der Waals surface area contributed by atoms with Gasteiger partial charge in [0, 0.05) is 37.0 Å². The number of nitrogens with two attached hydrogens (primary N) is 1. The van der Waals surface area contributed by atoms with Gasteiger partial charge in [-0.1, -0.05) is 19.9 Å². The number of likely N-dealkylation sites (N-methyl/N-ethyl adjacent to an activating group) is 1. The lowest BCUT2D eigenvalue weighted by atomic mass is 10.0.